The van der Waals surface area contributed by atoms with Crippen LogP contribution in [0.4, 0.5) is 15.8 Å². The van der Waals surface area contributed by atoms with Gasteiger partial charge in [-0.25, -0.2) is 12.8 Å². The van der Waals surface area contributed by atoms with Gasteiger partial charge in [-0.05, 0) is 40.2 Å². The standard InChI is InChI=1S/C15H14BrFN2O3S/c1-23(21,22)19(14-9-5-2-6-11(14)16)10-15(20)18-13-8-4-3-7-12(13)17/h2-9H,10H2,1H3,(H,18,20). The molecule has 2 rings (SSSR count). The normalized spacial score (nSPS) is 11.1. The lowest BCUT2D eigenvalue weighted by Gasteiger charge is -2.23. The fourth-order valence-electron chi connectivity index (χ4n) is 1.92. The van der Waals surface area contributed by atoms with Gasteiger partial charge in [-0.2, -0.15) is 0 Å². The number of benzene rings is 2. The Morgan fingerprint density at radius 3 is 2.39 bits per heavy atom. The number of amides is 1. The maximum absolute atomic E-state index is 13.6. The Kier molecular flexibility index (Phi) is 5.38. The van der Waals surface area contributed by atoms with Crippen LogP contribution in [0.25, 0.3) is 0 Å². The minimum absolute atomic E-state index is 0.00178. The van der Waals surface area contributed by atoms with Crippen LogP contribution in [0.1, 0.15) is 0 Å². The summed E-state index contributed by atoms with van der Waals surface area (Å²) in [6.45, 7) is -0.463. The van der Waals surface area contributed by atoms with E-state index in [4.69, 9.17) is 0 Å². The summed E-state index contributed by atoms with van der Waals surface area (Å²) in [7, 11) is -3.69. The Hall–Kier alpha value is -1.93. The molecule has 122 valence electrons. The zero-order chi connectivity index (χ0) is 17.0. The molecule has 0 spiro atoms. The molecule has 0 aromatic heterocycles. The van der Waals surface area contributed by atoms with Crippen LogP contribution in [0.15, 0.2) is 53.0 Å². The van der Waals surface area contributed by atoms with Crippen LogP contribution in [0.3, 0.4) is 0 Å². The molecule has 1 N–H and O–H groups in total. The van der Waals surface area contributed by atoms with E-state index < -0.39 is 28.3 Å². The molecule has 1 amide bonds. The van der Waals surface area contributed by atoms with Gasteiger partial charge in [0, 0.05) is 4.47 Å². The SMILES string of the molecule is CS(=O)(=O)N(CC(=O)Nc1ccccc1F)c1ccccc1Br. The van der Waals surface area contributed by atoms with Gasteiger partial charge in [0.05, 0.1) is 17.6 Å². The second kappa shape index (κ2) is 7.10. The maximum atomic E-state index is 13.6. The quantitative estimate of drug-likeness (QED) is 0.838. The van der Waals surface area contributed by atoms with Gasteiger partial charge in [-0.15, -0.1) is 0 Å². The van der Waals surface area contributed by atoms with E-state index in [0.29, 0.717) is 10.2 Å². The van der Waals surface area contributed by atoms with Crippen molar-refractivity contribution in [3.8, 4) is 0 Å². The van der Waals surface area contributed by atoms with E-state index >= 15 is 0 Å². The third-order valence-electron chi connectivity index (χ3n) is 2.96. The second-order valence-electron chi connectivity index (χ2n) is 4.75. The number of anilines is 2. The fraction of sp³-hybridized carbons (Fsp3) is 0.133. The molecule has 0 radical (unpaired) electrons. The minimum atomic E-state index is -3.69. The molecule has 0 fully saturated rings. The fourth-order valence-corrected chi connectivity index (χ4v) is 3.40. The molecule has 2 aromatic rings. The van der Waals surface area contributed by atoms with E-state index in [0.717, 1.165) is 10.6 Å². The third-order valence-corrected chi connectivity index (χ3v) is 4.75. The second-order valence-corrected chi connectivity index (χ2v) is 7.51. The number of sulfonamides is 1. The predicted molar refractivity (Wildman–Crippen MR) is 91.4 cm³/mol. The van der Waals surface area contributed by atoms with Gasteiger partial charge in [0.25, 0.3) is 0 Å². The lowest BCUT2D eigenvalue weighted by molar-refractivity contribution is -0.114. The summed E-state index contributed by atoms with van der Waals surface area (Å²) in [5.74, 6) is -1.23. The number of hydrogen-bond acceptors (Lipinski definition) is 3. The first-order valence-corrected chi connectivity index (χ1v) is 9.20. The Balaban J connectivity index is 2.24. The van der Waals surface area contributed by atoms with Crippen molar-refractivity contribution in [2.75, 3.05) is 22.4 Å². The zero-order valence-electron chi connectivity index (χ0n) is 12.2. The van der Waals surface area contributed by atoms with Crippen LogP contribution < -0.4 is 9.62 Å². The summed E-state index contributed by atoms with van der Waals surface area (Å²) in [4.78, 5) is 12.1. The lowest BCUT2D eigenvalue weighted by Crippen LogP contribution is -2.37. The van der Waals surface area contributed by atoms with Crippen molar-refractivity contribution in [3.05, 3.63) is 58.8 Å². The molecular formula is C15H14BrFN2O3S. The molecule has 0 unspecified atom stereocenters. The molecule has 0 saturated heterocycles. The molecule has 8 heteroatoms. The number of nitrogens with one attached hydrogen (secondary N) is 1. The Bertz CT molecular complexity index is 827. The van der Waals surface area contributed by atoms with Gasteiger partial charge >= 0.3 is 0 Å². The molecule has 0 atom stereocenters. The molecule has 0 bridgehead atoms. The summed E-state index contributed by atoms with van der Waals surface area (Å²) in [5, 5.41) is 2.37. The van der Waals surface area contributed by atoms with E-state index in [-0.39, 0.29) is 5.69 Å². The lowest BCUT2D eigenvalue weighted by atomic mass is 10.3. The first kappa shape index (κ1) is 17.4. The highest BCUT2D eigenvalue weighted by atomic mass is 79.9. The highest BCUT2D eigenvalue weighted by Gasteiger charge is 2.23. The smallest absolute Gasteiger partial charge is 0.245 e. The van der Waals surface area contributed by atoms with E-state index in [9.17, 15) is 17.6 Å². The van der Waals surface area contributed by atoms with Crippen LogP contribution in [0, 0.1) is 5.82 Å². The van der Waals surface area contributed by atoms with Crippen molar-refractivity contribution in [2.45, 2.75) is 0 Å². The number of para-hydroxylation sites is 2. The first-order chi connectivity index (χ1) is 10.8. The summed E-state index contributed by atoms with van der Waals surface area (Å²) >= 11 is 3.26. The third kappa shape index (κ3) is 4.52. The van der Waals surface area contributed by atoms with E-state index in [1.807, 2.05) is 0 Å². The largest absolute Gasteiger partial charge is 0.322 e. The van der Waals surface area contributed by atoms with E-state index in [1.54, 1.807) is 30.3 Å². The van der Waals surface area contributed by atoms with Crippen LogP contribution in [0.5, 0.6) is 0 Å². The van der Waals surface area contributed by atoms with Crippen LogP contribution in [-0.2, 0) is 14.8 Å². The van der Waals surface area contributed by atoms with Gasteiger partial charge < -0.3 is 5.32 Å². The summed E-state index contributed by atoms with van der Waals surface area (Å²) in [5.41, 5.74) is 0.330. The highest BCUT2D eigenvalue weighted by Crippen LogP contribution is 2.27. The Morgan fingerprint density at radius 1 is 1.17 bits per heavy atom. The molecule has 23 heavy (non-hydrogen) atoms. The zero-order valence-corrected chi connectivity index (χ0v) is 14.6. The number of hydrogen-bond donors (Lipinski definition) is 1. The van der Waals surface area contributed by atoms with Crippen LogP contribution in [0.2, 0.25) is 0 Å². The monoisotopic (exact) mass is 400 g/mol. The number of carbonyl (C=O) groups is 1. The maximum Gasteiger partial charge on any atom is 0.245 e. The first-order valence-electron chi connectivity index (χ1n) is 6.55. The molecule has 0 aliphatic rings. The molecule has 5 nitrogen and oxygen atoms in total. The van der Waals surface area contributed by atoms with Crippen molar-refractivity contribution < 1.29 is 17.6 Å². The predicted octanol–water partition coefficient (Wildman–Crippen LogP) is 2.99. The van der Waals surface area contributed by atoms with Crippen molar-refractivity contribution >= 4 is 43.2 Å². The van der Waals surface area contributed by atoms with Crippen molar-refractivity contribution in [1.29, 1.82) is 0 Å². The molecule has 0 aliphatic carbocycles. The van der Waals surface area contributed by atoms with E-state index in [2.05, 4.69) is 21.2 Å². The van der Waals surface area contributed by atoms with Gasteiger partial charge in [0.1, 0.15) is 12.4 Å². The molecular weight excluding hydrogens is 387 g/mol. The van der Waals surface area contributed by atoms with Gasteiger partial charge in [0.15, 0.2) is 0 Å². The van der Waals surface area contributed by atoms with Crippen molar-refractivity contribution in [2.24, 2.45) is 0 Å². The Morgan fingerprint density at radius 2 is 1.78 bits per heavy atom. The summed E-state index contributed by atoms with van der Waals surface area (Å²) < 4.78 is 39.0. The van der Waals surface area contributed by atoms with Crippen LogP contribution in [-0.4, -0.2) is 27.1 Å². The van der Waals surface area contributed by atoms with Crippen molar-refractivity contribution in [3.63, 3.8) is 0 Å². The number of nitrogens with zero attached hydrogens (tertiary/aromatic N) is 1. The molecule has 2 aromatic carbocycles. The van der Waals surface area contributed by atoms with Crippen molar-refractivity contribution in [1.82, 2.24) is 0 Å². The average Bonchev–Trinajstić information content (AvgIpc) is 2.47. The van der Waals surface area contributed by atoms with Gasteiger partial charge in [0.2, 0.25) is 15.9 Å². The highest BCUT2D eigenvalue weighted by molar-refractivity contribution is 9.10. The molecule has 0 saturated carbocycles. The average molecular weight is 401 g/mol. The number of rotatable bonds is 5. The van der Waals surface area contributed by atoms with Gasteiger partial charge in [-0.1, -0.05) is 24.3 Å². The van der Waals surface area contributed by atoms with Crippen LogP contribution >= 0.6 is 15.9 Å². The number of halogens is 2. The molecule has 0 aliphatic heterocycles. The summed E-state index contributed by atoms with van der Waals surface area (Å²) in [6, 6.07) is 12.3. The minimum Gasteiger partial charge on any atom is -0.322 e. The topological polar surface area (TPSA) is 66.5 Å². The summed E-state index contributed by atoms with van der Waals surface area (Å²) in [6.07, 6.45) is 1.00. The number of carbonyl (C=O) groups excluding carboxylic acids is 1. The van der Waals surface area contributed by atoms with E-state index in [1.165, 1.54) is 18.2 Å². The van der Waals surface area contributed by atoms with Gasteiger partial charge in [-0.3, -0.25) is 9.10 Å². The Labute approximate surface area is 142 Å². The molecule has 0 heterocycles.